The lowest BCUT2D eigenvalue weighted by Crippen LogP contribution is -2.51. The van der Waals surface area contributed by atoms with E-state index in [1.165, 1.54) is 11.6 Å². The summed E-state index contributed by atoms with van der Waals surface area (Å²) in [6.45, 7) is 4.52. The Morgan fingerprint density at radius 3 is 2.72 bits per heavy atom. The van der Waals surface area contributed by atoms with E-state index < -0.39 is 5.97 Å². The maximum atomic E-state index is 14.7. The highest BCUT2D eigenvalue weighted by Gasteiger charge is 2.33. The molecule has 1 atom stereocenters. The second-order valence-electron chi connectivity index (χ2n) is 8.38. The Bertz CT molecular complexity index is 990. The highest BCUT2D eigenvalue weighted by molar-refractivity contribution is 6.30. The minimum atomic E-state index is -0.767. The number of nitrogens with zero attached hydrogens (tertiary/aromatic N) is 1. The number of carboxylic acids is 1. The normalized spacial score (nSPS) is 16.7. The maximum absolute atomic E-state index is 14.7. The average molecular weight is 482 g/mol. The number of likely N-dealkylation sites (tertiary alicyclic amines) is 1. The summed E-state index contributed by atoms with van der Waals surface area (Å²) in [4.78, 5) is 13.0. The fraction of sp³-hybridized carbons (Fsp3) is 0.375. The van der Waals surface area contributed by atoms with Crippen molar-refractivity contribution in [3.8, 4) is 11.5 Å². The molecule has 0 aliphatic carbocycles. The number of carbonyl (C=O) groups is 1. The summed E-state index contributed by atoms with van der Waals surface area (Å²) in [6.07, 6.45) is 2.64. The molecule has 0 unspecified atom stereocenters. The van der Waals surface area contributed by atoms with Crippen LogP contribution in [0.3, 0.4) is 0 Å². The SMILES string of the molecule is C[C@H](COc1cc(F)c2c(c1)OCC(CN1CC(C(=O)O)C1)=C2)Cc1ccc(Cl)cc1.Cl. The van der Waals surface area contributed by atoms with Gasteiger partial charge in [-0.2, -0.15) is 0 Å². The first-order valence-corrected chi connectivity index (χ1v) is 10.7. The Morgan fingerprint density at radius 1 is 1.31 bits per heavy atom. The molecule has 0 saturated carbocycles. The standard InChI is InChI=1S/C24H25ClFNO4.ClH/c1-15(6-16-2-4-19(25)5-3-16)13-30-20-8-22(26)21-7-17(14-31-23(21)9-20)10-27-11-18(12-27)24(28)29;/h2-5,7-9,15,18H,6,10-14H2,1H3,(H,28,29);1H/t15-;/m0./s1. The molecular formula is C24H26Cl2FNO4. The molecule has 8 heteroatoms. The molecule has 0 bridgehead atoms. The van der Waals surface area contributed by atoms with Crippen molar-refractivity contribution in [2.75, 3.05) is 32.8 Å². The summed E-state index contributed by atoms with van der Waals surface area (Å²) in [7, 11) is 0. The minimum absolute atomic E-state index is 0. The third-order valence-corrected chi connectivity index (χ3v) is 5.84. The van der Waals surface area contributed by atoms with Gasteiger partial charge in [0.05, 0.1) is 18.1 Å². The zero-order chi connectivity index (χ0) is 22.0. The Hall–Kier alpha value is -2.28. The molecule has 1 saturated heterocycles. The summed E-state index contributed by atoms with van der Waals surface area (Å²) in [5.74, 6) is -0.299. The van der Waals surface area contributed by atoms with E-state index in [2.05, 4.69) is 6.92 Å². The summed E-state index contributed by atoms with van der Waals surface area (Å²) < 4.78 is 26.3. The van der Waals surface area contributed by atoms with Gasteiger partial charge in [0.1, 0.15) is 23.9 Å². The maximum Gasteiger partial charge on any atom is 0.309 e. The van der Waals surface area contributed by atoms with Crippen molar-refractivity contribution >= 4 is 36.1 Å². The van der Waals surface area contributed by atoms with Gasteiger partial charge in [0.15, 0.2) is 0 Å². The summed E-state index contributed by atoms with van der Waals surface area (Å²) in [6, 6.07) is 10.9. The Labute approximate surface area is 198 Å². The summed E-state index contributed by atoms with van der Waals surface area (Å²) in [5, 5.41) is 9.69. The van der Waals surface area contributed by atoms with Gasteiger partial charge in [-0.25, -0.2) is 4.39 Å². The van der Waals surface area contributed by atoms with Crippen molar-refractivity contribution in [2.45, 2.75) is 13.3 Å². The minimum Gasteiger partial charge on any atom is -0.493 e. The van der Waals surface area contributed by atoms with Gasteiger partial charge in [0.25, 0.3) is 0 Å². The van der Waals surface area contributed by atoms with Crippen LogP contribution in [0.4, 0.5) is 4.39 Å². The molecule has 2 aromatic carbocycles. The van der Waals surface area contributed by atoms with E-state index in [0.29, 0.717) is 54.9 Å². The first-order valence-electron chi connectivity index (χ1n) is 10.4. The lowest BCUT2D eigenvalue weighted by molar-refractivity contribution is -0.147. The topological polar surface area (TPSA) is 59.0 Å². The summed E-state index contributed by atoms with van der Waals surface area (Å²) in [5.41, 5.74) is 2.52. The fourth-order valence-corrected chi connectivity index (χ4v) is 4.01. The first kappa shape index (κ1) is 24.4. The number of ether oxygens (including phenoxy) is 2. The van der Waals surface area contributed by atoms with Crippen molar-refractivity contribution in [3.05, 3.63) is 63.9 Å². The molecule has 0 spiro atoms. The van der Waals surface area contributed by atoms with Gasteiger partial charge in [-0.3, -0.25) is 9.69 Å². The second-order valence-corrected chi connectivity index (χ2v) is 8.82. The van der Waals surface area contributed by atoms with Crippen LogP contribution in [0.25, 0.3) is 6.08 Å². The monoisotopic (exact) mass is 481 g/mol. The van der Waals surface area contributed by atoms with Gasteiger partial charge in [-0.15, -0.1) is 12.4 Å². The Balaban J connectivity index is 0.00000289. The average Bonchev–Trinajstić information content (AvgIpc) is 2.70. The Kier molecular flexibility index (Phi) is 8.04. The van der Waals surface area contributed by atoms with E-state index in [4.69, 9.17) is 26.2 Å². The zero-order valence-electron chi connectivity index (χ0n) is 17.7. The van der Waals surface area contributed by atoms with Crippen molar-refractivity contribution in [1.29, 1.82) is 0 Å². The lowest BCUT2D eigenvalue weighted by Gasteiger charge is -2.37. The molecule has 2 aliphatic heterocycles. The van der Waals surface area contributed by atoms with Gasteiger partial charge in [-0.1, -0.05) is 30.7 Å². The predicted octanol–water partition coefficient (Wildman–Crippen LogP) is 4.95. The van der Waals surface area contributed by atoms with Gasteiger partial charge in [0.2, 0.25) is 0 Å². The van der Waals surface area contributed by atoms with Crippen LogP contribution in [0.1, 0.15) is 18.1 Å². The van der Waals surface area contributed by atoms with Crippen molar-refractivity contribution < 1.29 is 23.8 Å². The molecule has 5 nitrogen and oxygen atoms in total. The van der Waals surface area contributed by atoms with E-state index in [-0.39, 0.29) is 30.1 Å². The number of carboxylic acid groups (broad SMARTS) is 1. The molecule has 1 N–H and O–H groups in total. The van der Waals surface area contributed by atoms with Gasteiger partial charge in [0, 0.05) is 36.8 Å². The molecule has 32 heavy (non-hydrogen) atoms. The molecule has 4 rings (SSSR count). The van der Waals surface area contributed by atoms with Crippen LogP contribution < -0.4 is 9.47 Å². The van der Waals surface area contributed by atoms with Crippen LogP contribution in [0.15, 0.2) is 42.0 Å². The number of aliphatic carboxylic acids is 1. The third kappa shape index (κ3) is 5.94. The lowest BCUT2D eigenvalue weighted by atomic mass is 9.98. The number of fused-ring (bicyclic) bond motifs is 1. The smallest absolute Gasteiger partial charge is 0.309 e. The van der Waals surface area contributed by atoms with Gasteiger partial charge >= 0.3 is 5.97 Å². The molecule has 2 aliphatic rings. The molecule has 2 heterocycles. The predicted molar refractivity (Wildman–Crippen MR) is 125 cm³/mol. The van der Waals surface area contributed by atoms with E-state index in [0.717, 1.165) is 12.0 Å². The van der Waals surface area contributed by atoms with Crippen LogP contribution >= 0.6 is 24.0 Å². The van der Waals surface area contributed by atoms with Crippen LogP contribution in [-0.4, -0.2) is 48.8 Å². The molecule has 172 valence electrons. The highest BCUT2D eigenvalue weighted by atomic mass is 35.5. The Morgan fingerprint density at radius 2 is 2.03 bits per heavy atom. The van der Waals surface area contributed by atoms with Crippen molar-refractivity contribution in [1.82, 2.24) is 4.90 Å². The van der Waals surface area contributed by atoms with Crippen LogP contribution in [0.5, 0.6) is 11.5 Å². The van der Waals surface area contributed by atoms with Crippen molar-refractivity contribution in [2.24, 2.45) is 11.8 Å². The number of benzene rings is 2. The second kappa shape index (κ2) is 10.6. The molecule has 0 amide bonds. The van der Waals surface area contributed by atoms with Crippen LogP contribution in [0.2, 0.25) is 5.02 Å². The molecule has 1 fully saturated rings. The van der Waals surface area contributed by atoms with E-state index in [1.807, 2.05) is 29.2 Å². The number of hydrogen-bond acceptors (Lipinski definition) is 4. The first-order chi connectivity index (χ1) is 14.9. The molecule has 2 aromatic rings. The van der Waals surface area contributed by atoms with E-state index in [1.54, 1.807) is 12.1 Å². The number of hydrogen-bond donors (Lipinski definition) is 1. The molecular weight excluding hydrogens is 456 g/mol. The van der Waals surface area contributed by atoms with Gasteiger partial charge in [-0.05, 0) is 41.7 Å². The van der Waals surface area contributed by atoms with Crippen LogP contribution in [0, 0.1) is 17.7 Å². The van der Waals surface area contributed by atoms with E-state index >= 15 is 0 Å². The highest BCUT2D eigenvalue weighted by Crippen LogP contribution is 2.34. The fourth-order valence-electron chi connectivity index (χ4n) is 3.88. The number of rotatable bonds is 8. The summed E-state index contributed by atoms with van der Waals surface area (Å²) >= 11 is 5.92. The molecule has 0 aromatic heterocycles. The quantitative estimate of drug-likeness (QED) is 0.577. The van der Waals surface area contributed by atoms with Crippen molar-refractivity contribution in [3.63, 3.8) is 0 Å². The van der Waals surface area contributed by atoms with Gasteiger partial charge < -0.3 is 14.6 Å². The zero-order valence-corrected chi connectivity index (χ0v) is 19.3. The third-order valence-electron chi connectivity index (χ3n) is 5.59. The van der Waals surface area contributed by atoms with Crippen LogP contribution in [-0.2, 0) is 11.2 Å². The largest absolute Gasteiger partial charge is 0.493 e. The van der Waals surface area contributed by atoms with E-state index in [9.17, 15) is 9.18 Å². The molecule has 0 radical (unpaired) electrons. The number of halogens is 3.